The first kappa shape index (κ1) is 15.3. The molecule has 0 amide bonds. The van der Waals surface area contributed by atoms with Crippen LogP contribution in [0.1, 0.15) is 5.56 Å². The van der Waals surface area contributed by atoms with Crippen LogP contribution in [0.15, 0.2) is 84.9 Å². The summed E-state index contributed by atoms with van der Waals surface area (Å²) < 4.78 is 0. The fraction of sp³-hybridized carbons (Fsp3) is 0.100. The van der Waals surface area contributed by atoms with E-state index in [2.05, 4.69) is 91.2 Å². The quantitative estimate of drug-likeness (QED) is 0.631. The first-order valence-corrected chi connectivity index (χ1v) is 10.1. The van der Waals surface area contributed by atoms with E-state index in [0.717, 1.165) is 5.75 Å². The second-order valence-corrected chi connectivity index (χ2v) is 8.12. The normalized spacial score (nSPS) is 10.8. The van der Waals surface area contributed by atoms with Gasteiger partial charge in [-0.1, -0.05) is 84.9 Å². The Kier molecular flexibility index (Phi) is 5.32. The Bertz CT molecular complexity index is 671. The lowest BCUT2D eigenvalue weighted by Crippen LogP contribution is -2.22. The van der Waals surface area contributed by atoms with Crippen molar-refractivity contribution in [3.05, 3.63) is 90.5 Å². The summed E-state index contributed by atoms with van der Waals surface area (Å²) in [6, 6.07) is 30.7. The lowest BCUT2D eigenvalue weighted by molar-refractivity contribution is 1.46. The van der Waals surface area contributed by atoms with Gasteiger partial charge in [-0.2, -0.15) is 11.8 Å². The molecular formula is C20H19PS. The molecule has 0 aromatic heterocycles. The smallest absolute Gasteiger partial charge is 0.0188 e. The van der Waals surface area contributed by atoms with Crippen LogP contribution in [-0.2, 0) is 5.75 Å². The predicted molar refractivity (Wildman–Crippen MR) is 102 cm³/mol. The molecule has 0 aliphatic carbocycles. The summed E-state index contributed by atoms with van der Waals surface area (Å²) in [5.41, 5.74) is 1.45. The zero-order valence-electron chi connectivity index (χ0n) is 12.6. The molecule has 0 saturated heterocycles. The second kappa shape index (κ2) is 7.63. The Labute approximate surface area is 138 Å². The van der Waals surface area contributed by atoms with Gasteiger partial charge in [-0.25, -0.2) is 0 Å². The van der Waals surface area contributed by atoms with E-state index >= 15 is 0 Å². The van der Waals surface area contributed by atoms with Gasteiger partial charge in [0.25, 0.3) is 0 Å². The molecule has 0 atom stereocenters. The van der Waals surface area contributed by atoms with Crippen molar-refractivity contribution in [1.29, 1.82) is 0 Å². The van der Waals surface area contributed by atoms with Crippen molar-refractivity contribution in [3.63, 3.8) is 0 Å². The van der Waals surface area contributed by atoms with E-state index in [9.17, 15) is 0 Å². The number of hydrogen-bond donors (Lipinski definition) is 0. The standard InChI is InChI=1S/C20H19PS/c1-22-16-17-10-8-9-15-20(17)21(18-11-4-2-5-12-18)19-13-6-3-7-14-19/h2-15H,16H2,1H3. The van der Waals surface area contributed by atoms with Crippen molar-refractivity contribution in [2.24, 2.45) is 0 Å². The summed E-state index contributed by atoms with van der Waals surface area (Å²) in [6.07, 6.45) is 2.17. The lowest BCUT2D eigenvalue weighted by Gasteiger charge is -2.22. The van der Waals surface area contributed by atoms with Gasteiger partial charge in [-0.3, -0.25) is 0 Å². The highest BCUT2D eigenvalue weighted by Crippen LogP contribution is 2.34. The van der Waals surface area contributed by atoms with Gasteiger partial charge in [0.2, 0.25) is 0 Å². The fourth-order valence-corrected chi connectivity index (χ4v) is 5.73. The van der Waals surface area contributed by atoms with Crippen LogP contribution >= 0.6 is 19.7 Å². The molecule has 0 bridgehead atoms. The van der Waals surface area contributed by atoms with Crippen molar-refractivity contribution in [2.75, 3.05) is 6.26 Å². The molecule has 110 valence electrons. The van der Waals surface area contributed by atoms with E-state index in [0.29, 0.717) is 0 Å². The minimum Gasteiger partial charge on any atom is -0.161 e. The Hall–Kier alpha value is -1.56. The Balaban J connectivity index is 2.15. The van der Waals surface area contributed by atoms with E-state index in [4.69, 9.17) is 0 Å². The summed E-state index contributed by atoms with van der Waals surface area (Å²) in [5.74, 6) is 1.06. The zero-order valence-corrected chi connectivity index (χ0v) is 14.4. The number of thioether (sulfide) groups is 1. The van der Waals surface area contributed by atoms with Crippen LogP contribution in [-0.4, -0.2) is 6.26 Å². The highest BCUT2D eigenvalue weighted by molar-refractivity contribution is 7.97. The van der Waals surface area contributed by atoms with E-state index in [1.165, 1.54) is 21.5 Å². The molecule has 0 heterocycles. The molecule has 22 heavy (non-hydrogen) atoms. The van der Waals surface area contributed by atoms with E-state index in [1.54, 1.807) is 0 Å². The summed E-state index contributed by atoms with van der Waals surface area (Å²) in [5, 5.41) is 4.30. The molecule has 0 radical (unpaired) electrons. The molecule has 0 aliphatic heterocycles. The number of benzene rings is 3. The minimum atomic E-state index is -0.492. The van der Waals surface area contributed by atoms with Crippen LogP contribution in [0.5, 0.6) is 0 Å². The fourth-order valence-electron chi connectivity index (χ4n) is 2.59. The number of hydrogen-bond acceptors (Lipinski definition) is 1. The summed E-state index contributed by atoms with van der Waals surface area (Å²) in [7, 11) is -0.492. The molecule has 2 heteroatoms. The molecule has 3 aromatic rings. The monoisotopic (exact) mass is 322 g/mol. The van der Waals surface area contributed by atoms with Gasteiger partial charge in [0.15, 0.2) is 0 Å². The molecule has 0 nitrogen and oxygen atoms in total. The lowest BCUT2D eigenvalue weighted by atomic mass is 10.2. The first-order chi connectivity index (χ1) is 10.9. The van der Waals surface area contributed by atoms with Gasteiger partial charge in [-0.05, 0) is 35.7 Å². The van der Waals surface area contributed by atoms with Gasteiger partial charge in [0.1, 0.15) is 0 Å². The van der Waals surface area contributed by atoms with Crippen LogP contribution < -0.4 is 15.9 Å². The van der Waals surface area contributed by atoms with Gasteiger partial charge < -0.3 is 0 Å². The van der Waals surface area contributed by atoms with Gasteiger partial charge >= 0.3 is 0 Å². The molecule has 0 saturated carbocycles. The van der Waals surface area contributed by atoms with Gasteiger partial charge in [-0.15, -0.1) is 0 Å². The summed E-state index contributed by atoms with van der Waals surface area (Å²) in [6.45, 7) is 0. The van der Waals surface area contributed by atoms with Crippen molar-refractivity contribution >= 4 is 35.6 Å². The second-order valence-electron chi connectivity index (χ2n) is 5.07. The largest absolute Gasteiger partial charge is 0.161 e. The minimum absolute atomic E-state index is 0.492. The molecule has 3 aromatic carbocycles. The predicted octanol–water partition coefficient (Wildman–Crippen LogP) is 4.31. The van der Waals surface area contributed by atoms with Crippen molar-refractivity contribution in [2.45, 2.75) is 5.75 Å². The third-order valence-electron chi connectivity index (χ3n) is 3.56. The molecular weight excluding hydrogens is 303 g/mol. The third-order valence-corrected chi connectivity index (χ3v) is 6.71. The molecule has 0 fully saturated rings. The van der Waals surface area contributed by atoms with Gasteiger partial charge in [0, 0.05) is 5.75 Å². The number of rotatable bonds is 5. The van der Waals surface area contributed by atoms with Crippen LogP contribution in [0.2, 0.25) is 0 Å². The van der Waals surface area contributed by atoms with Crippen molar-refractivity contribution in [3.8, 4) is 0 Å². The summed E-state index contributed by atoms with van der Waals surface area (Å²) in [4.78, 5) is 0. The Morgan fingerprint density at radius 2 is 1.18 bits per heavy atom. The van der Waals surface area contributed by atoms with Crippen LogP contribution in [0.3, 0.4) is 0 Å². The van der Waals surface area contributed by atoms with E-state index in [1.807, 2.05) is 11.8 Å². The Morgan fingerprint density at radius 3 is 1.73 bits per heavy atom. The molecule has 0 spiro atoms. The van der Waals surface area contributed by atoms with Crippen LogP contribution in [0, 0.1) is 0 Å². The highest BCUT2D eigenvalue weighted by atomic mass is 32.2. The maximum atomic E-state index is 2.30. The van der Waals surface area contributed by atoms with Crippen LogP contribution in [0.4, 0.5) is 0 Å². The molecule has 0 unspecified atom stereocenters. The molecule has 3 rings (SSSR count). The van der Waals surface area contributed by atoms with E-state index < -0.39 is 7.92 Å². The van der Waals surface area contributed by atoms with Gasteiger partial charge in [0.05, 0.1) is 0 Å². The molecule has 0 aliphatic rings. The average Bonchev–Trinajstić information content (AvgIpc) is 2.59. The first-order valence-electron chi connectivity index (χ1n) is 7.37. The maximum Gasteiger partial charge on any atom is 0.0188 e. The van der Waals surface area contributed by atoms with Crippen molar-refractivity contribution in [1.82, 2.24) is 0 Å². The topological polar surface area (TPSA) is 0 Å². The third kappa shape index (κ3) is 3.43. The average molecular weight is 322 g/mol. The van der Waals surface area contributed by atoms with Crippen LogP contribution in [0.25, 0.3) is 0 Å². The van der Waals surface area contributed by atoms with Crippen molar-refractivity contribution < 1.29 is 0 Å². The maximum absolute atomic E-state index is 2.30. The Morgan fingerprint density at radius 1 is 0.682 bits per heavy atom. The zero-order chi connectivity index (χ0) is 15.2. The van der Waals surface area contributed by atoms with E-state index in [-0.39, 0.29) is 0 Å². The molecule has 0 N–H and O–H groups in total. The highest BCUT2D eigenvalue weighted by Gasteiger charge is 2.18. The summed E-state index contributed by atoms with van der Waals surface area (Å²) >= 11 is 1.89. The SMILES string of the molecule is CSCc1ccccc1P(c1ccccc1)c1ccccc1.